The quantitative estimate of drug-likeness (QED) is 0.646. The number of sulfonamides is 1. The van der Waals surface area contributed by atoms with Gasteiger partial charge in [0.05, 0.1) is 15.0 Å². The highest BCUT2D eigenvalue weighted by molar-refractivity contribution is 7.92. The highest BCUT2D eigenvalue weighted by Crippen LogP contribution is 2.26. The third-order valence-electron chi connectivity index (χ3n) is 5.19. The van der Waals surface area contributed by atoms with Gasteiger partial charge in [0.1, 0.15) is 5.82 Å². The molecule has 0 aliphatic carbocycles. The fourth-order valence-corrected chi connectivity index (χ4v) is 5.98. The lowest BCUT2D eigenvalue weighted by Gasteiger charge is -2.32. The first-order valence-electron chi connectivity index (χ1n) is 9.35. The van der Waals surface area contributed by atoms with Gasteiger partial charge in [-0.2, -0.15) is 0 Å². The zero-order valence-electron chi connectivity index (χ0n) is 16.7. The standard InChI is InChI=1S/C20H23FN2O5S2/c1-22(2)30(27,28)19-7-3-15(4-8-19)20(24)23-13-11-18(12-14-23)29(25,26)17-9-5-16(21)6-10-17/h3-10,18H,11-14H2,1-2H3. The summed E-state index contributed by atoms with van der Waals surface area (Å²) in [5.74, 6) is -0.778. The predicted octanol–water partition coefficient (Wildman–Crippen LogP) is 2.15. The van der Waals surface area contributed by atoms with Gasteiger partial charge in [-0.05, 0) is 61.4 Å². The number of nitrogens with zero attached hydrogens (tertiary/aromatic N) is 2. The van der Waals surface area contributed by atoms with Gasteiger partial charge >= 0.3 is 0 Å². The number of amides is 1. The summed E-state index contributed by atoms with van der Waals surface area (Å²) < 4.78 is 63.9. The molecule has 2 aromatic carbocycles. The van der Waals surface area contributed by atoms with Crippen LogP contribution in [0, 0.1) is 5.82 Å². The molecule has 0 atom stereocenters. The smallest absolute Gasteiger partial charge is 0.253 e. The molecular formula is C20H23FN2O5S2. The lowest BCUT2D eigenvalue weighted by Crippen LogP contribution is -2.42. The zero-order valence-corrected chi connectivity index (χ0v) is 18.3. The van der Waals surface area contributed by atoms with Crippen molar-refractivity contribution in [2.45, 2.75) is 27.9 Å². The molecular weight excluding hydrogens is 431 g/mol. The minimum atomic E-state index is -3.60. The summed E-state index contributed by atoms with van der Waals surface area (Å²) in [6.45, 7) is 0.531. The fraction of sp³-hybridized carbons (Fsp3) is 0.350. The molecule has 0 aromatic heterocycles. The minimum Gasteiger partial charge on any atom is -0.339 e. The number of halogens is 1. The van der Waals surface area contributed by atoms with Crippen molar-refractivity contribution >= 4 is 25.8 Å². The molecule has 1 amide bonds. The van der Waals surface area contributed by atoms with Crippen LogP contribution in [0.2, 0.25) is 0 Å². The summed E-state index contributed by atoms with van der Waals surface area (Å²) in [7, 11) is -4.32. The monoisotopic (exact) mass is 454 g/mol. The third-order valence-corrected chi connectivity index (χ3v) is 9.30. The SMILES string of the molecule is CN(C)S(=O)(=O)c1ccc(C(=O)N2CCC(S(=O)(=O)c3ccc(F)cc3)CC2)cc1. The maximum absolute atomic E-state index is 13.1. The molecule has 0 saturated carbocycles. The minimum absolute atomic E-state index is 0.0753. The highest BCUT2D eigenvalue weighted by Gasteiger charge is 2.33. The van der Waals surface area contributed by atoms with Gasteiger partial charge in [0.15, 0.2) is 9.84 Å². The predicted molar refractivity (Wildman–Crippen MR) is 110 cm³/mol. The molecule has 0 unspecified atom stereocenters. The summed E-state index contributed by atoms with van der Waals surface area (Å²) in [5, 5.41) is -0.639. The van der Waals surface area contributed by atoms with Crippen molar-refractivity contribution in [1.29, 1.82) is 0 Å². The van der Waals surface area contributed by atoms with E-state index in [1.807, 2.05) is 0 Å². The van der Waals surface area contributed by atoms with Crippen molar-refractivity contribution in [2.24, 2.45) is 0 Å². The summed E-state index contributed by atoms with van der Waals surface area (Å²) in [6.07, 6.45) is 0.553. The third kappa shape index (κ3) is 4.40. The van der Waals surface area contributed by atoms with Crippen molar-refractivity contribution in [1.82, 2.24) is 9.21 Å². The van der Waals surface area contributed by atoms with E-state index in [9.17, 15) is 26.0 Å². The van der Waals surface area contributed by atoms with Crippen LogP contribution in [0.4, 0.5) is 4.39 Å². The Morgan fingerprint density at radius 3 is 1.90 bits per heavy atom. The van der Waals surface area contributed by atoms with Gasteiger partial charge in [-0.1, -0.05) is 0 Å². The van der Waals surface area contributed by atoms with Crippen molar-refractivity contribution in [3.63, 3.8) is 0 Å². The van der Waals surface area contributed by atoms with E-state index in [0.717, 1.165) is 16.4 Å². The summed E-state index contributed by atoms with van der Waals surface area (Å²) in [5.41, 5.74) is 0.340. The zero-order chi connectivity index (χ0) is 22.1. The molecule has 10 heteroatoms. The second-order valence-corrected chi connectivity index (χ2v) is 11.7. The Bertz CT molecular complexity index is 1120. The first kappa shape index (κ1) is 22.4. The molecule has 1 aliphatic heterocycles. The van der Waals surface area contributed by atoms with Gasteiger partial charge in [0, 0.05) is 32.7 Å². The van der Waals surface area contributed by atoms with Crippen molar-refractivity contribution in [3.8, 4) is 0 Å². The number of carbonyl (C=O) groups is 1. The van der Waals surface area contributed by atoms with Gasteiger partial charge in [-0.25, -0.2) is 25.5 Å². The lowest BCUT2D eigenvalue weighted by molar-refractivity contribution is 0.0725. The van der Waals surface area contributed by atoms with Gasteiger partial charge in [0.2, 0.25) is 10.0 Å². The molecule has 0 radical (unpaired) electrons. The Labute approximate surface area is 176 Å². The topological polar surface area (TPSA) is 91.8 Å². The number of carbonyl (C=O) groups excluding carboxylic acids is 1. The summed E-state index contributed by atoms with van der Waals surface area (Å²) in [4.78, 5) is 14.5. The molecule has 1 aliphatic rings. The van der Waals surface area contributed by atoms with Crippen LogP contribution >= 0.6 is 0 Å². The highest BCUT2D eigenvalue weighted by atomic mass is 32.2. The van der Waals surface area contributed by atoms with Crippen LogP contribution in [0.1, 0.15) is 23.2 Å². The summed E-state index contributed by atoms with van der Waals surface area (Å²) >= 11 is 0. The number of piperidine rings is 1. The van der Waals surface area contributed by atoms with Crippen LogP contribution in [-0.4, -0.2) is 64.4 Å². The van der Waals surface area contributed by atoms with E-state index in [1.54, 1.807) is 4.90 Å². The number of sulfone groups is 1. The molecule has 7 nitrogen and oxygen atoms in total. The number of hydrogen-bond donors (Lipinski definition) is 0. The molecule has 0 spiro atoms. The van der Waals surface area contributed by atoms with E-state index in [4.69, 9.17) is 0 Å². The Morgan fingerprint density at radius 2 is 1.40 bits per heavy atom. The number of likely N-dealkylation sites (tertiary alicyclic amines) is 1. The lowest BCUT2D eigenvalue weighted by atomic mass is 10.1. The van der Waals surface area contributed by atoms with Crippen LogP contribution in [0.25, 0.3) is 0 Å². The van der Waals surface area contributed by atoms with Crippen molar-refractivity contribution in [2.75, 3.05) is 27.2 Å². The molecule has 1 heterocycles. The largest absolute Gasteiger partial charge is 0.339 e. The second-order valence-electron chi connectivity index (χ2n) is 7.30. The van der Waals surface area contributed by atoms with Crippen LogP contribution in [0.15, 0.2) is 58.3 Å². The van der Waals surface area contributed by atoms with E-state index < -0.39 is 30.9 Å². The molecule has 1 fully saturated rings. The average molecular weight is 455 g/mol. The number of benzene rings is 2. The molecule has 1 saturated heterocycles. The second kappa shape index (κ2) is 8.44. The molecule has 162 valence electrons. The Balaban J connectivity index is 1.67. The van der Waals surface area contributed by atoms with Gasteiger partial charge in [-0.15, -0.1) is 0 Å². The first-order valence-corrected chi connectivity index (χ1v) is 12.3. The molecule has 0 bridgehead atoms. The van der Waals surface area contributed by atoms with Gasteiger partial charge in [0.25, 0.3) is 5.91 Å². The van der Waals surface area contributed by atoms with E-state index in [1.165, 1.54) is 50.5 Å². The van der Waals surface area contributed by atoms with E-state index in [-0.39, 0.29) is 41.6 Å². The Morgan fingerprint density at radius 1 is 0.900 bits per heavy atom. The van der Waals surface area contributed by atoms with Crippen LogP contribution in [0.3, 0.4) is 0 Å². The first-order chi connectivity index (χ1) is 14.0. The van der Waals surface area contributed by atoms with Crippen LogP contribution in [-0.2, 0) is 19.9 Å². The van der Waals surface area contributed by atoms with Gasteiger partial charge in [-0.3, -0.25) is 4.79 Å². The molecule has 30 heavy (non-hydrogen) atoms. The van der Waals surface area contributed by atoms with E-state index in [0.29, 0.717) is 5.56 Å². The molecule has 3 rings (SSSR count). The molecule has 0 N–H and O–H groups in total. The van der Waals surface area contributed by atoms with E-state index in [2.05, 4.69) is 0 Å². The average Bonchev–Trinajstić information content (AvgIpc) is 2.73. The van der Waals surface area contributed by atoms with Gasteiger partial charge < -0.3 is 4.90 Å². The van der Waals surface area contributed by atoms with Crippen molar-refractivity contribution in [3.05, 3.63) is 59.9 Å². The van der Waals surface area contributed by atoms with E-state index >= 15 is 0 Å². The Kier molecular flexibility index (Phi) is 6.30. The van der Waals surface area contributed by atoms with Crippen molar-refractivity contribution < 1.29 is 26.0 Å². The summed E-state index contributed by atoms with van der Waals surface area (Å²) in [6, 6.07) is 10.4. The molecule has 2 aromatic rings. The number of rotatable bonds is 5. The fourth-order valence-electron chi connectivity index (χ4n) is 3.35. The number of hydrogen-bond acceptors (Lipinski definition) is 5. The van der Waals surface area contributed by atoms with Crippen LogP contribution in [0.5, 0.6) is 0 Å². The van der Waals surface area contributed by atoms with Crippen LogP contribution < -0.4 is 0 Å². The maximum atomic E-state index is 13.1. The normalized spacial score (nSPS) is 16.1. The Hall–Kier alpha value is -2.30. The maximum Gasteiger partial charge on any atom is 0.253 e.